The van der Waals surface area contributed by atoms with Gasteiger partial charge >= 0.3 is 0 Å². The Labute approximate surface area is 220 Å². The lowest BCUT2D eigenvalue weighted by molar-refractivity contribution is -0.116. The maximum atomic E-state index is 13.7. The second kappa shape index (κ2) is 12.4. The van der Waals surface area contributed by atoms with Crippen molar-refractivity contribution in [2.75, 3.05) is 42.9 Å². The van der Waals surface area contributed by atoms with E-state index >= 15 is 0 Å². The van der Waals surface area contributed by atoms with Gasteiger partial charge in [-0.25, -0.2) is 13.1 Å². The lowest BCUT2D eigenvalue weighted by Gasteiger charge is -2.36. The van der Waals surface area contributed by atoms with E-state index < -0.39 is 16.1 Å². The van der Waals surface area contributed by atoms with Gasteiger partial charge in [0, 0.05) is 44.3 Å². The maximum Gasteiger partial charge on any atom is 0.243 e. The summed E-state index contributed by atoms with van der Waals surface area (Å²) in [5.41, 5.74) is 3.10. The maximum absolute atomic E-state index is 13.7. The highest BCUT2D eigenvalue weighted by atomic mass is 32.2. The predicted molar refractivity (Wildman–Crippen MR) is 149 cm³/mol. The number of carbonyl (C=O) groups excluding carboxylic acids is 1. The third-order valence-corrected chi connectivity index (χ3v) is 8.38. The molecule has 1 aliphatic heterocycles. The van der Waals surface area contributed by atoms with Crippen LogP contribution in [0.25, 0.3) is 0 Å². The van der Waals surface area contributed by atoms with Crippen LogP contribution in [-0.2, 0) is 21.2 Å². The van der Waals surface area contributed by atoms with E-state index in [4.69, 9.17) is 0 Å². The molecule has 3 aromatic rings. The molecule has 4 rings (SSSR count). The lowest BCUT2D eigenvalue weighted by Crippen LogP contribution is -2.46. The molecule has 0 bridgehead atoms. The zero-order valence-corrected chi connectivity index (χ0v) is 22.4. The molecule has 3 aromatic carbocycles. The van der Waals surface area contributed by atoms with Crippen molar-refractivity contribution >= 4 is 27.3 Å². The number of anilines is 2. The molecule has 1 fully saturated rings. The van der Waals surface area contributed by atoms with Gasteiger partial charge in [0.05, 0.1) is 5.69 Å². The second-order valence-electron chi connectivity index (χ2n) is 9.39. The molecule has 8 heteroatoms. The van der Waals surface area contributed by atoms with Crippen LogP contribution >= 0.6 is 0 Å². The number of benzene rings is 3. The number of rotatable bonds is 10. The first-order chi connectivity index (χ1) is 17.9. The number of hydrogen-bond acceptors (Lipinski definition) is 5. The average molecular weight is 521 g/mol. The standard InChI is InChI=1S/C29H36N4O3S/c1-3-32-18-20-33(21-19-32)27-16-15-26(30-29(34)17-14-24-10-6-4-7-11-24)22-28(27)37(35,36)31-23(2)25-12-8-5-9-13-25/h4-13,15-16,22-23,31H,3,14,17-21H2,1-2H3,(H,30,34). The Morgan fingerprint density at radius 1 is 0.919 bits per heavy atom. The Bertz CT molecular complexity index is 1280. The Morgan fingerprint density at radius 2 is 1.57 bits per heavy atom. The highest BCUT2D eigenvalue weighted by Gasteiger charge is 2.27. The fourth-order valence-corrected chi connectivity index (χ4v) is 6.09. The molecule has 0 aliphatic carbocycles. The van der Waals surface area contributed by atoms with E-state index in [1.165, 1.54) is 0 Å². The van der Waals surface area contributed by atoms with Crippen LogP contribution in [0, 0.1) is 0 Å². The minimum Gasteiger partial charge on any atom is -0.368 e. The van der Waals surface area contributed by atoms with Gasteiger partial charge in [0.15, 0.2) is 0 Å². The molecule has 196 valence electrons. The number of sulfonamides is 1. The van der Waals surface area contributed by atoms with Crippen LogP contribution in [-0.4, -0.2) is 51.9 Å². The van der Waals surface area contributed by atoms with Gasteiger partial charge < -0.3 is 15.1 Å². The molecule has 1 saturated heterocycles. The number of nitrogens with zero attached hydrogens (tertiary/aromatic N) is 2. The highest BCUT2D eigenvalue weighted by Crippen LogP contribution is 2.31. The van der Waals surface area contributed by atoms with Gasteiger partial charge in [0.2, 0.25) is 15.9 Å². The number of aryl methyl sites for hydroxylation is 1. The topological polar surface area (TPSA) is 81.8 Å². The number of piperazine rings is 1. The van der Waals surface area contributed by atoms with Crippen LogP contribution in [0.5, 0.6) is 0 Å². The summed E-state index contributed by atoms with van der Waals surface area (Å²) in [5, 5.41) is 2.90. The third kappa shape index (κ3) is 7.19. The van der Waals surface area contributed by atoms with Gasteiger partial charge in [-0.05, 0) is 49.2 Å². The van der Waals surface area contributed by atoms with E-state index in [9.17, 15) is 13.2 Å². The first kappa shape index (κ1) is 26.9. The van der Waals surface area contributed by atoms with E-state index in [-0.39, 0.29) is 10.8 Å². The molecule has 0 aromatic heterocycles. The minimum atomic E-state index is -3.88. The minimum absolute atomic E-state index is 0.151. The van der Waals surface area contributed by atoms with Crippen molar-refractivity contribution in [3.63, 3.8) is 0 Å². The molecule has 0 spiro atoms. The van der Waals surface area contributed by atoms with Crippen LogP contribution in [0.2, 0.25) is 0 Å². The Kier molecular flexibility index (Phi) is 8.97. The molecular formula is C29H36N4O3S. The third-order valence-electron chi connectivity index (χ3n) is 6.81. The SMILES string of the molecule is CCN1CCN(c2ccc(NC(=O)CCc3ccccc3)cc2S(=O)(=O)NC(C)c2ccccc2)CC1. The lowest BCUT2D eigenvalue weighted by atomic mass is 10.1. The largest absolute Gasteiger partial charge is 0.368 e. The zero-order valence-electron chi connectivity index (χ0n) is 21.6. The zero-order chi connectivity index (χ0) is 26.3. The van der Waals surface area contributed by atoms with Gasteiger partial charge in [-0.15, -0.1) is 0 Å². The number of likely N-dealkylation sites (N-methyl/N-ethyl adjacent to an activating group) is 1. The average Bonchev–Trinajstić information content (AvgIpc) is 2.93. The summed E-state index contributed by atoms with van der Waals surface area (Å²) in [6.07, 6.45) is 0.934. The van der Waals surface area contributed by atoms with Crippen molar-refractivity contribution in [1.82, 2.24) is 9.62 Å². The number of amides is 1. The fraction of sp³-hybridized carbons (Fsp3) is 0.345. The van der Waals surface area contributed by atoms with Crippen molar-refractivity contribution in [1.29, 1.82) is 0 Å². The van der Waals surface area contributed by atoms with Crippen LogP contribution in [0.4, 0.5) is 11.4 Å². The Morgan fingerprint density at radius 3 is 2.22 bits per heavy atom. The van der Waals surface area contributed by atoms with Gasteiger partial charge in [-0.1, -0.05) is 67.6 Å². The summed E-state index contributed by atoms with van der Waals surface area (Å²) in [6, 6.07) is 24.1. The molecule has 0 radical (unpaired) electrons. The van der Waals surface area contributed by atoms with Crippen molar-refractivity contribution in [2.24, 2.45) is 0 Å². The molecule has 2 N–H and O–H groups in total. The quantitative estimate of drug-likeness (QED) is 0.413. The van der Waals surface area contributed by atoms with Crippen LogP contribution in [0.15, 0.2) is 83.8 Å². The molecule has 0 saturated carbocycles. The van der Waals surface area contributed by atoms with Crippen LogP contribution < -0.4 is 14.9 Å². The molecule has 1 aliphatic rings. The Hall–Kier alpha value is -3.20. The Balaban J connectivity index is 1.56. The summed E-state index contributed by atoms with van der Waals surface area (Å²) < 4.78 is 30.2. The molecular weight excluding hydrogens is 484 g/mol. The van der Waals surface area contributed by atoms with E-state index in [2.05, 4.69) is 26.8 Å². The predicted octanol–water partition coefficient (Wildman–Crippen LogP) is 4.44. The molecule has 1 unspecified atom stereocenters. The van der Waals surface area contributed by atoms with Crippen LogP contribution in [0.3, 0.4) is 0 Å². The molecule has 1 amide bonds. The molecule has 1 heterocycles. The monoisotopic (exact) mass is 520 g/mol. The van der Waals surface area contributed by atoms with Crippen molar-refractivity contribution in [3.8, 4) is 0 Å². The van der Waals surface area contributed by atoms with E-state index in [1.807, 2.05) is 73.7 Å². The van der Waals surface area contributed by atoms with E-state index in [1.54, 1.807) is 12.1 Å². The number of hydrogen-bond donors (Lipinski definition) is 2. The normalized spacial score (nSPS) is 15.4. The van der Waals surface area contributed by atoms with Crippen molar-refractivity contribution in [3.05, 3.63) is 90.0 Å². The first-order valence-electron chi connectivity index (χ1n) is 12.9. The van der Waals surface area contributed by atoms with Gasteiger partial charge in [-0.3, -0.25) is 4.79 Å². The fourth-order valence-electron chi connectivity index (χ4n) is 4.61. The van der Waals surface area contributed by atoms with Gasteiger partial charge in [0.25, 0.3) is 0 Å². The smallest absolute Gasteiger partial charge is 0.243 e. The van der Waals surface area contributed by atoms with Crippen LogP contribution in [0.1, 0.15) is 37.4 Å². The number of carbonyl (C=O) groups is 1. The first-order valence-corrected chi connectivity index (χ1v) is 14.4. The molecule has 37 heavy (non-hydrogen) atoms. The number of nitrogens with one attached hydrogen (secondary N) is 2. The van der Waals surface area contributed by atoms with Gasteiger partial charge in [-0.2, -0.15) is 0 Å². The molecule has 1 atom stereocenters. The van der Waals surface area contributed by atoms with Gasteiger partial charge in [0.1, 0.15) is 4.90 Å². The van der Waals surface area contributed by atoms with E-state index in [0.29, 0.717) is 24.2 Å². The van der Waals surface area contributed by atoms with E-state index in [0.717, 1.165) is 43.9 Å². The van der Waals surface area contributed by atoms with Crippen molar-refractivity contribution < 1.29 is 13.2 Å². The summed E-state index contributed by atoms with van der Waals surface area (Å²) >= 11 is 0. The highest BCUT2D eigenvalue weighted by molar-refractivity contribution is 7.89. The molecule has 7 nitrogen and oxygen atoms in total. The summed E-state index contributed by atoms with van der Waals surface area (Å²) in [6.45, 7) is 8.19. The summed E-state index contributed by atoms with van der Waals surface area (Å²) in [5.74, 6) is -0.151. The summed E-state index contributed by atoms with van der Waals surface area (Å²) in [4.78, 5) is 17.3. The van der Waals surface area contributed by atoms with Crippen molar-refractivity contribution in [2.45, 2.75) is 37.6 Å². The summed E-state index contributed by atoms with van der Waals surface area (Å²) in [7, 11) is -3.88. The second-order valence-corrected chi connectivity index (χ2v) is 11.1.